The van der Waals surface area contributed by atoms with Crippen molar-refractivity contribution < 1.29 is 0 Å². The quantitative estimate of drug-likeness (QED) is 0.213. The smallest absolute Gasteiger partial charge is 0.0972 e. The number of aromatic nitrogens is 4. The summed E-state index contributed by atoms with van der Waals surface area (Å²) < 4.78 is 0. The molecule has 0 amide bonds. The fraction of sp³-hybridized carbons (Fsp3) is 0.189. The van der Waals surface area contributed by atoms with Crippen molar-refractivity contribution in [1.29, 1.82) is 0 Å². The van der Waals surface area contributed by atoms with Crippen LogP contribution in [0.25, 0.3) is 56.1 Å². The highest BCUT2D eigenvalue weighted by Gasteiger charge is 2.19. The summed E-state index contributed by atoms with van der Waals surface area (Å²) in [4.78, 5) is 19.6. The second-order valence-electron chi connectivity index (χ2n) is 11.4. The average molecular weight is 533 g/mol. The largest absolute Gasteiger partial charge is 0.254 e. The van der Waals surface area contributed by atoms with Gasteiger partial charge in [0.05, 0.1) is 33.8 Å². The van der Waals surface area contributed by atoms with Crippen LogP contribution in [-0.2, 0) is 12.8 Å². The van der Waals surface area contributed by atoms with Crippen molar-refractivity contribution in [2.24, 2.45) is 0 Å². The zero-order chi connectivity index (χ0) is 28.1. The van der Waals surface area contributed by atoms with Crippen LogP contribution in [0.1, 0.15) is 60.2 Å². The maximum Gasteiger partial charge on any atom is 0.0972 e. The second-order valence-corrected chi connectivity index (χ2v) is 11.4. The van der Waals surface area contributed by atoms with E-state index in [1.165, 1.54) is 27.8 Å². The molecule has 0 atom stereocenters. The van der Waals surface area contributed by atoms with Crippen molar-refractivity contribution >= 4 is 33.5 Å². The van der Waals surface area contributed by atoms with Gasteiger partial charge in [-0.15, -0.1) is 0 Å². The number of aryl methyl sites for hydroxylation is 3. The maximum atomic E-state index is 5.14. The number of hydrogen-bond donors (Lipinski definition) is 0. The Labute approximate surface area is 240 Å². The predicted molar refractivity (Wildman–Crippen MR) is 170 cm³/mol. The highest BCUT2D eigenvalue weighted by atomic mass is 14.8. The van der Waals surface area contributed by atoms with E-state index >= 15 is 0 Å². The van der Waals surface area contributed by atoms with E-state index in [2.05, 4.69) is 104 Å². The van der Waals surface area contributed by atoms with Gasteiger partial charge in [-0.05, 0) is 108 Å². The Kier molecular flexibility index (Phi) is 6.19. The van der Waals surface area contributed by atoms with Gasteiger partial charge < -0.3 is 0 Å². The van der Waals surface area contributed by atoms with Crippen LogP contribution < -0.4 is 0 Å². The first kappa shape index (κ1) is 25.3. The minimum Gasteiger partial charge on any atom is -0.254 e. The van der Waals surface area contributed by atoms with Crippen LogP contribution in [0.3, 0.4) is 0 Å². The number of fused-ring (bicyclic) bond motifs is 6. The molecule has 4 aromatic heterocycles. The zero-order valence-electron chi connectivity index (χ0n) is 23.9. The summed E-state index contributed by atoms with van der Waals surface area (Å²) in [5.41, 5.74) is 14.5. The SMILES string of the molecule is C/C(=C\c1cc(-c2ccc3ccc4cccnc4c3n2)cc(C)c1C(C)C)c1ccc2c(n1)-c1ncccc1CC2. The van der Waals surface area contributed by atoms with Crippen molar-refractivity contribution in [3.8, 4) is 22.6 Å². The molecule has 6 aromatic rings. The Hall–Kier alpha value is -4.70. The highest BCUT2D eigenvalue weighted by molar-refractivity contribution is 6.03. The van der Waals surface area contributed by atoms with E-state index < -0.39 is 0 Å². The normalized spacial score (nSPS) is 13.0. The van der Waals surface area contributed by atoms with E-state index in [0.29, 0.717) is 5.92 Å². The summed E-state index contributed by atoms with van der Waals surface area (Å²) >= 11 is 0. The Morgan fingerprint density at radius 2 is 1.49 bits per heavy atom. The zero-order valence-corrected chi connectivity index (χ0v) is 23.9. The first-order valence-corrected chi connectivity index (χ1v) is 14.4. The summed E-state index contributed by atoms with van der Waals surface area (Å²) in [5, 5.41) is 2.20. The van der Waals surface area contributed by atoms with Gasteiger partial charge in [0.25, 0.3) is 0 Å². The minimum atomic E-state index is 0.383. The third-order valence-electron chi connectivity index (χ3n) is 8.26. The molecule has 0 N–H and O–H groups in total. The van der Waals surface area contributed by atoms with E-state index in [4.69, 9.17) is 9.97 Å². The fourth-order valence-electron chi connectivity index (χ4n) is 6.31. The number of rotatable bonds is 4. The summed E-state index contributed by atoms with van der Waals surface area (Å²) in [5.74, 6) is 0.383. The van der Waals surface area contributed by atoms with Crippen LogP contribution in [0.4, 0.5) is 0 Å². The molecule has 0 aliphatic heterocycles. The molecule has 0 fully saturated rings. The topological polar surface area (TPSA) is 51.6 Å². The van der Waals surface area contributed by atoms with E-state index in [0.717, 1.165) is 68.6 Å². The lowest BCUT2D eigenvalue weighted by Gasteiger charge is -2.19. The van der Waals surface area contributed by atoms with Gasteiger partial charge in [-0.2, -0.15) is 0 Å². The van der Waals surface area contributed by atoms with Gasteiger partial charge in [-0.1, -0.05) is 50.2 Å². The molecule has 4 heterocycles. The van der Waals surface area contributed by atoms with Crippen molar-refractivity contribution in [2.75, 3.05) is 0 Å². The Morgan fingerprint density at radius 3 is 2.32 bits per heavy atom. The predicted octanol–water partition coefficient (Wildman–Crippen LogP) is 9.00. The molecule has 41 heavy (non-hydrogen) atoms. The molecular formula is C37H32N4. The third-order valence-corrected chi connectivity index (χ3v) is 8.26. The average Bonchev–Trinajstić information content (AvgIpc) is 3.00. The van der Waals surface area contributed by atoms with Crippen LogP contribution >= 0.6 is 0 Å². The first-order valence-electron chi connectivity index (χ1n) is 14.4. The van der Waals surface area contributed by atoms with Gasteiger partial charge in [-0.25, -0.2) is 9.97 Å². The monoisotopic (exact) mass is 532 g/mol. The molecule has 1 aliphatic rings. The van der Waals surface area contributed by atoms with E-state index in [9.17, 15) is 0 Å². The Bertz CT molecular complexity index is 2000. The van der Waals surface area contributed by atoms with Crippen molar-refractivity contribution in [3.63, 3.8) is 0 Å². The fourth-order valence-corrected chi connectivity index (χ4v) is 6.31. The standard InChI is InChI=1S/C37H32N4/c1-22(2)33-24(4)20-29(32-16-14-28-12-10-26-8-6-18-39-35(26)37(28)41-32)21-30(33)19-23(3)31-15-13-27-11-9-25-7-5-17-38-34(25)36(27)40-31/h5-8,10,12-22H,9,11H2,1-4H3/b23-19+. The van der Waals surface area contributed by atoms with Crippen molar-refractivity contribution in [2.45, 2.75) is 46.5 Å². The Balaban J connectivity index is 1.34. The summed E-state index contributed by atoms with van der Waals surface area (Å²) in [6.45, 7) is 8.90. The molecule has 0 spiro atoms. The van der Waals surface area contributed by atoms with E-state index in [1.54, 1.807) is 0 Å². The van der Waals surface area contributed by atoms with Crippen molar-refractivity contribution in [1.82, 2.24) is 19.9 Å². The van der Waals surface area contributed by atoms with Crippen LogP contribution in [-0.4, -0.2) is 19.9 Å². The van der Waals surface area contributed by atoms with Gasteiger partial charge in [0, 0.05) is 28.7 Å². The lowest BCUT2D eigenvalue weighted by atomic mass is 9.88. The number of allylic oxidation sites excluding steroid dienone is 1. The van der Waals surface area contributed by atoms with Gasteiger partial charge in [0.2, 0.25) is 0 Å². The lowest BCUT2D eigenvalue weighted by Crippen LogP contribution is -2.08. The lowest BCUT2D eigenvalue weighted by molar-refractivity contribution is 0.854. The van der Waals surface area contributed by atoms with Gasteiger partial charge >= 0.3 is 0 Å². The van der Waals surface area contributed by atoms with Crippen LogP contribution in [0.15, 0.2) is 85.2 Å². The molecule has 200 valence electrons. The van der Waals surface area contributed by atoms with Gasteiger partial charge in [0.15, 0.2) is 0 Å². The minimum absolute atomic E-state index is 0.383. The molecule has 0 saturated carbocycles. The van der Waals surface area contributed by atoms with Crippen molar-refractivity contribution in [3.05, 3.63) is 119 Å². The van der Waals surface area contributed by atoms with Gasteiger partial charge in [-0.3, -0.25) is 9.97 Å². The summed E-state index contributed by atoms with van der Waals surface area (Å²) in [6, 6.07) is 25.7. The summed E-state index contributed by atoms with van der Waals surface area (Å²) in [6.07, 6.45) is 8.03. The summed E-state index contributed by atoms with van der Waals surface area (Å²) in [7, 11) is 0. The number of benzene rings is 2. The molecule has 0 radical (unpaired) electrons. The first-order chi connectivity index (χ1) is 20.0. The molecule has 0 saturated heterocycles. The highest BCUT2D eigenvalue weighted by Crippen LogP contribution is 2.35. The molecule has 4 heteroatoms. The van der Waals surface area contributed by atoms with Crippen LogP contribution in [0, 0.1) is 6.92 Å². The molecular weight excluding hydrogens is 500 g/mol. The molecule has 1 aliphatic carbocycles. The number of pyridine rings is 4. The Morgan fingerprint density at radius 1 is 0.756 bits per heavy atom. The maximum absolute atomic E-state index is 5.14. The molecule has 0 unspecified atom stereocenters. The van der Waals surface area contributed by atoms with Crippen LogP contribution in [0.5, 0.6) is 0 Å². The van der Waals surface area contributed by atoms with Crippen LogP contribution in [0.2, 0.25) is 0 Å². The molecule has 0 bridgehead atoms. The number of nitrogens with zero attached hydrogens (tertiary/aromatic N) is 4. The second kappa shape index (κ2) is 10.0. The van der Waals surface area contributed by atoms with E-state index in [1.807, 2.05) is 24.5 Å². The van der Waals surface area contributed by atoms with Gasteiger partial charge in [0.1, 0.15) is 0 Å². The molecule has 7 rings (SSSR count). The third kappa shape index (κ3) is 4.50. The van der Waals surface area contributed by atoms with E-state index in [-0.39, 0.29) is 0 Å². The molecule has 4 nitrogen and oxygen atoms in total. The molecule has 2 aromatic carbocycles. The number of hydrogen-bond acceptors (Lipinski definition) is 4.